The number of benzene rings is 1. The fraction of sp³-hybridized carbons (Fsp3) is 0.300. The van der Waals surface area contributed by atoms with E-state index < -0.39 is 0 Å². The van der Waals surface area contributed by atoms with E-state index in [1.165, 1.54) is 11.8 Å². The predicted octanol–water partition coefficient (Wildman–Crippen LogP) is 3.84. The number of para-hydroxylation sites is 1. The van der Waals surface area contributed by atoms with Crippen LogP contribution in [0.15, 0.2) is 53.0 Å². The van der Waals surface area contributed by atoms with Gasteiger partial charge in [0, 0.05) is 25.2 Å². The number of nitrogens with zero attached hydrogens (tertiary/aromatic N) is 5. The zero-order valence-corrected chi connectivity index (χ0v) is 16.8. The van der Waals surface area contributed by atoms with Gasteiger partial charge in [-0.2, -0.15) is 0 Å². The molecule has 4 heterocycles. The predicted molar refractivity (Wildman–Crippen MR) is 112 cm³/mol. The van der Waals surface area contributed by atoms with E-state index in [1.807, 2.05) is 51.9 Å². The summed E-state index contributed by atoms with van der Waals surface area (Å²) in [6, 6.07) is 14.0. The summed E-state index contributed by atoms with van der Waals surface area (Å²) >= 11 is 3.18. The maximum absolute atomic E-state index is 12.8. The molecule has 142 valence electrons. The second-order valence-corrected chi connectivity index (χ2v) is 9.16. The molecule has 0 N–H and O–H groups in total. The molecule has 1 amide bonds. The van der Waals surface area contributed by atoms with Gasteiger partial charge in [0.2, 0.25) is 5.91 Å². The van der Waals surface area contributed by atoms with Crippen molar-refractivity contribution in [1.29, 1.82) is 0 Å². The fourth-order valence-electron chi connectivity index (χ4n) is 3.68. The zero-order chi connectivity index (χ0) is 18.9. The number of likely N-dealkylation sites (tertiary alicyclic amines) is 1. The molecule has 1 aliphatic rings. The highest BCUT2D eigenvalue weighted by molar-refractivity contribution is 8.01. The Labute approximate surface area is 170 Å². The van der Waals surface area contributed by atoms with Crippen LogP contribution in [-0.4, -0.2) is 49.2 Å². The molecule has 3 aromatic heterocycles. The molecule has 4 aromatic rings. The number of thiazole rings is 1. The minimum absolute atomic E-state index is 0.169. The van der Waals surface area contributed by atoms with Crippen LogP contribution < -0.4 is 0 Å². The molecule has 1 aliphatic heterocycles. The Morgan fingerprint density at radius 3 is 3.00 bits per heavy atom. The molecular weight excluding hydrogens is 390 g/mol. The van der Waals surface area contributed by atoms with Gasteiger partial charge in [0.25, 0.3) is 0 Å². The first kappa shape index (κ1) is 17.6. The Hall–Kier alpha value is -2.45. The van der Waals surface area contributed by atoms with E-state index >= 15 is 0 Å². The van der Waals surface area contributed by atoms with Crippen molar-refractivity contribution in [3.05, 3.63) is 54.5 Å². The van der Waals surface area contributed by atoms with Gasteiger partial charge < -0.3 is 4.90 Å². The molecule has 0 saturated carbocycles. The van der Waals surface area contributed by atoms with E-state index in [9.17, 15) is 4.79 Å². The third-order valence-electron chi connectivity index (χ3n) is 5.07. The van der Waals surface area contributed by atoms with Crippen LogP contribution in [-0.2, 0) is 4.79 Å². The van der Waals surface area contributed by atoms with Crippen LogP contribution in [0.1, 0.15) is 24.6 Å². The lowest BCUT2D eigenvalue weighted by Gasteiger charge is -2.31. The Balaban J connectivity index is 1.26. The molecule has 8 heteroatoms. The highest BCUT2D eigenvalue weighted by Gasteiger charge is 2.28. The molecule has 5 rings (SSSR count). The zero-order valence-electron chi connectivity index (χ0n) is 15.2. The number of pyridine rings is 1. The van der Waals surface area contributed by atoms with Crippen molar-refractivity contribution in [1.82, 2.24) is 24.5 Å². The quantitative estimate of drug-likeness (QED) is 0.479. The monoisotopic (exact) mass is 409 g/mol. The van der Waals surface area contributed by atoms with Gasteiger partial charge in [0.05, 0.1) is 16.0 Å². The summed E-state index contributed by atoms with van der Waals surface area (Å²) in [5.41, 5.74) is 1.85. The highest BCUT2D eigenvalue weighted by atomic mass is 32.2. The summed E-state index contributed by atoms with van der Waals surface area (Å²) < 4.78 is 4.15. The molecule has 28 heavy (non-hydrogen) atoms. The number of hydrogen-bond donors (Lipinski definition) is 0. The average molecular weight is 410 g/mol. The summed E-state index contributed by atoms with van der Waals surface area (Å²) in [6.45, 7) is 1.52. The van der Waals surface area contributed by atoms with Gasteiger partial charge in [0.15, 0.2) is 9.99 Å². The van der Waals surface area contributed by atoms with Crippen molar-refractivity contribution in [2.24, 2.45) is 0 Å². The smallest absolute Gasteiger partial charge is 0.233 e. The van der Waals surface area contributed by atoms with Gasteiger partial charge in [-0.05, 0) is 37.1 Å². The third-order valence-corrected chi connectivity index (χ3v) is 7.24. The first-order valence-electron chi connectivity index (χ1n) is 9.34. The van der Waals surface area contributed by atoms with E-state index in [2.05, 4.69) is 21.2 Å². The Morgan fingerprint density at radius 2 is 2.07 bits per heavy atom. The molecule has 6 nitrogen and oxygen atoms in total. The van der Waals surface area contributed by atoms with E-state index in [0.717, 1.165) is 45.4 Å². The topological polar surface area (TPSA) is 63.4 Å². The van der Waals surface area contributed by atoms with Crippen molar-refractivity contribution in [2.45, 2.75) is 23.1 Å². The van der Waals surface area contributed by atoms with Crippen LogP contribution in [0.25, 0.3) is 15.9 Å². The third kappa shape index (κ3) is 3.38. The van der Waals surface area contributed by atoms with Gasteiger partial charge >= 0.3 is 0 Å². The molecule has 0 spiro atoms. The lowest BCUT2D eigenvalue weighted by Crippen LogP contribution is -2.40. The number of thioether (sulfide) groups is 1. The first-order chi connectivity index (χ1) is 13.8. The average Bonchev–Trinajstić information content (AvgIpc) is 3.36. The Bertz CT molecular complexity index is 1100. The maximum Gasteiger partial charge on any atom is 0.233 e. The van der Waals surface area contributed by atoms with Crippen LogP contribution >= 0.6 is 23.1 Å². The standard InChI is InChI=1S/C20H19N5OS2/c26-18(13-27-20-21-15-7-1-2-8-16(15)28-20)24-10-5-6-14(12-24)19-23-22-17-9-3-4-11-25(17)19/h1-4,7-9,11,14H,5-6,10,12-13H2. The van der Waals surface area contributed by atoms with E-state index in [-0.39, 0.29) is 11.8 Å². The summed E-state index contributed by atoms with van der Waals surface area (Å²) in [5, 5.41) is 8.65. The number of piperidine rings is 1. The normalized spacial score (nSPS) is 17.4. The number of fused-ring (bicyclic) bond motifs is 2. The summed E-state index contributed by atoms with van der Waals surface area (Å²) in [5.74, 6) is 1.77. The van der Waals surface area contributed by atoms with Crippen LogP contribution in [0.3, 0.4) is 0 Å². The van der Waals surface area contributed by atoms with Crippen molar-refractivity contribution in [2.75, 3.05) is 18.8 Å². The first-order valence-corrected chi connectivity index (χ1v) is 11.1. The molecule has 0 radical (unpaired) electrons. The van der Waals surface area contributed by atoms with Crippen LogP contribution in [0.5, 0.6) is 0 Å². The molecule has 1 fully saturated rings. The molecule has 1 atom stereocenters. The van der Waals surface area contributed by atoms with Gasteiger partial charge in [-0.1, -0.05) is 30.0 Å². The Kier molecular flexibility index (Phi) is 4.74. The molecule has 0 aliphatic carbocycles. The Morgan fingerprint density at radius 1 is 1.18 bits per heavy atom. The van der Waals surface area contributed by atoms with Crippen LogP contribution in [0.2, 0.25) is 0 Å². The largest absolute Gasteiger partial charge is 0.341 e. The second-order valence-electron chi connectivity index (χ2n) is 6.90. The summed E-state index contributed by atoms with van der Waals surface area (Å²) in [4.78, 5) is 19.4. The van der Waals surface area contributed by atoms with E-state index in [0.29, 0.717) is 12.3 Å². The molecule has 1 unspecified atom stereocenters. The van der Waals surface area contributed by atoms with Crippen molar-refractivity contribution in [3.8, 4) is 0 Å². The number of rotatable bonds is 4. The molecular formula is C20H19N5OS2. The molecule has 1 aromatic carbocycles. The maximum atomic E-state index is 12.8. The number of carbonyl (C=O) groups excluding carboxylic acids is 1. The van der Waals surface area contributed by atoms with Crippen LogP contribution in [0.4, 0.5) is 0 Å². The van der Waals surface area contributed by atoms with Crippen molar-refractivity contribution < 1.29 is 4.79 Å². The number of amides is 1. The van der Waals surface area contributed by atoms with Gasteiger partial charge in [0.1, 0.15) is 5.82 Å². The van der Waals surface area contributed by atoms with Gasteiger partial charge in [-0.15, -0.1) is 21.5 Å². The lowest BCUT2D eigenvalue weighted by atomic mass is 9.97. The SMILES string of the molecule is O=C(CSc1nc2ccccc2s1)N1CCCC(c2nnc3ccccn23)C1. The minimum atomic E-state index is 0.169. The molecule has 0 bridgehead atoms. The van der Waals surface area contributed by atoms with Gasteiger partial charge in [-0.25, -0.2) is 4.98 Å². The van der Waals surface area contributed by atoms with E-state index in [1.54, 1.807) is 11.3 Å². The van der Waals surface area contributed by atoms with Crippen molar-refractivity contribution >= 4 is 44.9 Å². The summed E-state index contributed by atoms with van der Waals surface area (Å²) in [6.07, 6.45) is 4.02. The highest BCUT2D eigenvalue weighted by Crippen LogP contribution is 2.30. The fourth-order valence-corrected chi connectivity index (χ4v) is 5.65. The van der Waals surface area contributed by atoms with Crippen LogP contribution in [0, 0.1) is 0 Å². The van der Waals surface area contributed by atoms with Gasteiger partial charge in [-0.3, -0.25) is 9.20 Å². The molecule has 1 saturated heterocycles. The number of carbonyl (C=O) groups is 1. The second kappa shape index (κ2) is 7.52. The van der Waals surface area contributed by atoms with Crippen molar-refractivity contribution in [3.63, 3.8) is 0 Å². The minimum Gasteiger partial charge on any atom is -0.341 e. The van der Waals surface area contributed by atoms with E-state index in [4.69, 9.17) is 0 Å². The number of aromatic nitrogens is 4. The number of hydrogen-bond acceptors (Lipinski definition) is 6. The lowest BCUT2D eigenvalue weighted by molar-refractivity contribution is -0.129. The summed E-state index contributed by atoms with van der Waals surface area (Å²) in [7, 11) is 0.